The van der Waals surface area contributed by atoms with Gasteiger partial charge < -0.3 is 15.1 Å². The van der Waals surface area contributed by atoms with E-state index in [4.69, 9.17) is 4.42 Å². The van der Waals surface area contributed by atoms with Crippen LogP contribution in [0.2, 0.25) is 0 Å². The van der Waals surface area contributed by atoms with Crippen LogP contribution in [0.15, 0.2) is 22.8 Å². The molecule has 1 unspecified atom stereocenters. The largest absolute Gasteiger partial charge is 0.467 e. The molecule has 2 heterocycles. The van der Waals surface area contributed by atoms with Crippen LogP contribution in [0.25, 0.3) is 0 Å². The maximum atomic E-state index is 12.1. The van der Waals surface area contributed by atoms with Gasteiger partial charge in [0.25, 0.3) is 0 Å². The van der Waals surface area contributed by atoms with Crippen molar-refractivity contribution in [3.8, 4) is 0 Å². The molecule has 0 bridgehead atoms. The van der Waals surface area contributed by atoms with Crippen LogP contribution in [0.4, 0.5) is 0 Å². The average Bonchev–Trinajstić information content (AvgIpc) is 2.99. The number of nitrogens with one attached hydrogen (secondary N) is 2. The molecule has 0 spiro atoms. The van der Waals surface area contributed by atoms with Gasteiger partial charge in [0.15, 0.2) is 0 Å². The van der Waals surface area contributed by atoms with Crippen LogP contribution >= 0.6 is 0 Å². The summed E-state index contributed by atoms with van der Waals surface area (Å²) in [6.45, 7) is 7.22. The quantitative estimate of drug-likeness (QED) is 0.804. The van der Waals surface area contributed by atoms with Gasteiger partial charge in [0.2, 0.25) is 5.91 Å². The molecule has 1 aliphatic heterocycles. The van der Waals surface area contributed by atoms with E-state index < -0.39 is 0 Å². The van der Waals surface area contributed by atoms with Gasteiger partial charge in [-0.25, -0.2) is 0 Å². The van der Waals surface area contributed by atoms with Crippen molar-refractivity contribution < 1.29 is 9.21 Å². The summed E-state index contributed by atoms with van der Waals surface area (Å²) in [5.41, 5.74) is 0. The zero-order chi connectivity index (χ0) is 15.1. The fourth-order valence-corrected chi connectivity index (χ4v) is 2.66. The third-order valence-corrected chi connectivity index (χ3v) is 3.98. The molecule has 118 valence electrons. The lowest BCUT2D eigenvalue weighted by molar-refractivity contribution is -0.123. The molecule has 1 aromatic heterocycles. The van der Waals surface area contributed by atoms with Crippen LogP contribution in [-0.2, 0) is 11.3 Å². The minimum absolute atomic E-state index is 0.0518. The number of carbonyl (C=O) groups excluding carboxylic acids is 1. The Kier molecular flexibility index (Phi) is 6.26. The second-order valence-corrected chi connectivity index (χ2v) is 6.03. The molecule has 2 N–H and O–H groups in total. The van der Waals surface area contributed by atoms with Crippen LogP contribution in [0.5, 0.6) is 0 Å². The van der Waals surface area contributed by atoms with Gasteiger partial charge in [0.05, 0.1) is 19.4 Å². The van der Waals surface area contributed by atoms with E-state index in [1.807, 2.05) is 12.1 Å². The number of carbonyl (C=O) groups is 1. The van der Waals surface area contributed by atoms with Crippen LogP contribution in [0.1, 0.15) is 38.9 Å². The topological polar surface area (TPSA) is 57.5 Å². The summed E-state index contributed by atoms with van der Waals surface area (Å²) in [4.78, 5) is 14.3. The van der Waals surface area contributed by atoms with Crippen LogP contribution in [-0.4, -0.2) is 42.5 Å². The Morgan fingerprint density at radius 2 is 2.38 bits per heavy atom. The Balaban J connectivity index is 1.76. The Morgan fingerprint density at radius 1 is 1.52 bits per heavy atom. The Bertz CT molecular complexity index is 411. The van der Waals surface area contributed by atoms with Gasteiger partial charge in [-0.3, -0.25) is 9.69 Å². The van der Waals surface area contributed by atoms with Crippen molar-refractivity contribution in [2.45, 2.75) is 51.7 Å². The normalized spacial score (nSPS) is 19.1. The Labute approximate surface area is 127 Å². The Morgan fingerprint density at radius 3 is 3.00 bits per heavy atom. The lowest BCUT2D eigenvalue weighted by Gasteiger charge is -2.32. The molecule has 1 saturated heterocycles. The maximum absolute atomic E-state index is 12.1. The molecule has 1 atom stereocenters. The lowest BCUT2D eigenvalue weighted by atomic mass is 10.0. The number of amides is 1. The first kappa shape index (κ1) is 16.0. The molecular formula is C16H27N3O2. The first-order valence-electron chi connectivity index (χ1n) is 7.91. The molecule has 1 amide bonds. The van der Waals surface area contributed by atoms with Crippen molar-refractivity contribution in [3.63, 3.8) is 0 Å². The molecule has 0 saturated carbocycles. The highest BCUT2D eigenvalue weighted by molar-refractivity contribution is 5.77. The van der Waals surface area contributed by atoms with Gasteiger partial charge in [-0.2, -0.15) is 0 Å². The summed E-state index contributed by atoms with van der Waals surface area (Å²) in [5.74, 6) is 0.837. The predicted octanol–water partition coefficient (Wildman–Crippen LogP) is 1.75. The smallest absolute Gasteiger partial charge is 0.234 e. The van der Waals surface area contributed by atoms with Gasteiger partial charge in [-0.05, 0) is 45.4 Å². The maximum Gasteiger partial charge on any atom is 0.234 e. The van der Waals surface area contributed by atoms with Crippen molar-refractivity contribution in [1.82, 2.24) is 15.5 Å². The van der Waals surface area contributed by atoms with Crippen molar-refractivity contribution in [2.24, 2.45) is 0 Å². The minimum atomic E-state index is 0.0518. The van der Waals surface area contributed by atoms with Gasteiger partial charge >= 0.3 is 0 Å². The van der Waals surface area contributed by atoms with Gasteiger partial charge in [-0.15, -0.1) is 0 Å². The van der Waals surface area contributed by atoms with Crippen molar-refractivity contribution in [1.29, 1.82) is 0 Å². The third-order valence-electron chi connectivity index (χ3n) is 3.98. The monoisotopic (exact) mass is 293 g/mol. The molecule has 5 heteroatoms. The number of piperidine rings is 1. The summed E-state index contributed by atoms with van der Waals surface area (Å²) < 4.78 is 5.22. The second-order valence-electron chi connectivity index (χ2n) is 6.03. The van der Waals surface area contributed by atoms with E-state index in [-0.39, 0.29) is 5.91 Å². The number of nitrogens with zero attached hydrogens (tertiary/aromatic N) is 1. The van der Waals surface area contributed by atoms with E-state index in [9.17, 15) is 4.79 Å². The standard InChI is InChI=1S/C16H27N3O2/c1-13(2)19(11-14-6-3-4-8-17-14)12-16(20)18-10-15-7-5-9-21-15/h5,7,9,13-14,17H,3-4,6,8,10-12H2,1-2H3,(H,18,20). The number of furan rings is 1. The summed E-state index contributed by atoms with van der Waals surface area (Å²) in [5, 5.41) is 6.46. The first-order valence-corrected chi connectivity index (χ1v) is 7.91. The third kappa shape index (κ3) is 5.52. The first-order chi connectivity index (χ1) is 10.1. The molecule has 2 rings (SSSR count). The SMILES string of the molecule is CC(C)N(CC(=O)NCc1ccco1)CC1CCCCN1. The molecule has 1 fully saturated rings. The molecule has 0 aromatic carbocycles. The molecule has 1 aromatic rings. The van der Waals surface area contributed by atoms with Gasteiger partial charge in [-0.1, -0.05) is 6.42 Å². The van der Waals surface area contributed by atoms with E-state index in [1.165, 1.54) is 19.3 Å². The number of rotatable bonds is 7. The summed E-state index contributed by atoms with van der Waals surface area (Å²) in [7, 11) is 0. The van der Waals surface area contributed by atoms with E-state index in [0.717, 1.165) is 18.8 Å². The van der Waals surface area contributed by atoms with E-state index in [2.05, 4.69) is 29.4 Å². The minimum Gasteiger partial charge on any atom is -0.467 e. The van der Waals surface area contributed by atoms with E-state index >= 15 is 0 Å². The molecule has 0 radical (unpaired) electrons. The molecule has 5 nitrogen and oxygen atoms in total. The highest BCUT2D eigenvalue weighted by Gasteiger charge is 2.20. The Hall–Kier alpha value is -1.33. The molecule has 21 heavy (non-hydrogen) atoms. The van der Waals surface area contributed by atoms with Crippen LogP contribution in [0.3, 0.4) is 0 Å². The van der Waals surface area contributed by atoms with Crippen molar-refractivity contribution >= 4 is 5.91 Å². The van der Waals surface area contributed by atoms with Gasteiger partial charge in [0, 0.05) is 18.6 Å². The summed E-state index contributed by atoms with van der Waals surface area (Å²) in [6, 6.07) is 4.57. The highest BCUT2D eigenvalue weighted by atomic mass is 16.3. The van der Waals surface area contributed by atoms with Crippen molar-refractivity contribution in [2.75, 3.05) is 19.6 Å². The average molecular weight is 293 g/mol. The van der Waals surface area contributed by atoms with E-state index in [1.54, 1.807) is 6.26 Å². The summed E-state index contributed by atoms with van der Waals surface area (Å²) >= 11 is 0. The fraction of sp³-hybridized carbons (Fsp3) is 0.688. The highest BCUT2D eigenvalue weighted by Crippen LogP contribution is 2.10. The second kappa shape index (κ2) is 8.20. The number of hydrogen-bond donors (Lipinski definition) is 2. The van der Waals surface area contributed by atoms with Crippen LogP contribution < -0.4 is 10.6 Å². The molecule has 0 aliphatic carbocycles. The number of hydrogen-bond acceptors (Lipinski definition) is 4. The van der Waals surface area contributed by atoms with Gasteiger partial charge in [0.1, 0.15) is 5.76 Å². The molecular weight excluding hydrogens is 266 g/mol. The fourth-order valence-electron chi connectivity index (χ4n) is 2.66. The van der Waals surface area contributed by atoms with E-state index in [0.29, 0.717) is 25.2 Å². The van der Waals surface area contributed by atoms with Crippen LogP contribution in [0, 0.1) is 0 Å². The zero-order valence-electron chi connectivity index (χ0n) is 13.1. The lowest BCUT2D eigenvalue weighted by Crippen LogP contribution is -2.49. The predicted molar refractivity (Wildman–Crippen MR) is 82.9 cm³/mol. The zero-order valence-corrected chi connectivity index (χ0v) is 13.1. The molecule has 1 aliphatic rings. The van der Waals surface area contributed by atoms with Crippen molar-refractivity contribution in [3.05, 3.63) is 24.2 Å². The summed E-state index contributed by atoms with van der Waals surface area (Å²) in [6.07, 6.45) is 5.38.